The van der Waals surface area contributed by atoms with Crippen LogP contribution in [0.5, 0.6) is 0 Å². The minimum Gasteiger partial charge on any atom is -0.379 e. The Morgan fingerprint density at radius 2 is 1.69 bits per heavy atom. The molecule has 6 nitrogen and oxygen atoms in total. The van der Waals surface area contributed by atoms with E-state index < -0.39 is 0 Å². The van der Waals surface area contributed by atoms with Gasteiger partial charge in [0.1, 0.15) is 0 Å². The molecule has 1 unspecified atom stereocenters. The average Bonchev–Trinajstić information content (AvgIpc) is 2.59. The number of hydrogen-bond acceptors (Lipinski definition) is 4. The van der Waals surface area contributed by atoms with Gasteiger partial charge in [-0.15, -0.1) is 0 Å². The molecule has 1 aliphatic heterocycles. The number of benzene rings is 1. The summed E-state index contributed by atoms with van der Waals surface area (Å²) >= 11 is 0. The first kappa shape index (κ1) is 20.4. The second-order valence-corrected chi connectivity index (χ2v) is 7.32. The fourth-order valence-corrected chi connectivity index (χ4v) is 3.34. The van der Waals surface area contributed by atoms with E-state index in [9.17, 15) is 9.59 Å². The van der Waals surface area contributed by atoms with Crippen LogP contribution in [-0.4, -0.2) is 62.1 Å². The molecule has 0 aliphatic carbocycles. The molecule has 2 rings (SSSR count). The first-order valence-corrected chi connectivity index (χ1v) is 9.32. The molecule has 144 valence electrons. The van der Waals surface area contributed by atoms with Crippen LogP contribution >= 0.6 is 0 Å². The van der Waals surface area contributed by atoms with E-state index in [1.807, 2.05) is 32.0 Å². The Balaban J connectivity index is 1.80. The maximum absolute atomic E-state index is 12.2. The maximum Gasteiger partial charge on any atom is 0.251 e. The second-order valence-electron chi connectivity index (χ2n) is 7.32. The Kier molecular flexibility index (Phi) is 7.60. The lowest BCUT2D eigenvalue weighted by atomic mass is 10.0. The predicted molar refractivity (Wildman–Crippen MR) is 102 cm³/mol. The maximum atomic E-state index is 12.2. The van der Waals surface area contributed by atoms with Crippen molar-refractivity contribution in [1.82, 2.24) is 15.5 Å². The van der Waals surface area contributed by atoms with Crippen LogP contribution < -0.4 is 10.6 Å². The molecule has 0 spiro atoms. The van der Waals surface area contributed by atoms with Gasteiger partial charge in [-0.25, -0.2) is 0 Å². The highest BCUT2D eigenvalue weighted by molar-refractivity contribution is 5.96. The first-order chi connectivity index (χ1) is 12.4. The van der Waals surface area contributed by atoms with Crippen molar-refractivity contribution in [3.05, 3.63) is 34.9 Å². The third-order valence-corrected chi connectivity index (χ3v) is 4.69. The van der Waals surface area contributed by atoms with Gasteiger partial charge in [-0.2, -0.15) is 0 Å². The topological polar surface area (TPSA) is 70.7 Å². The van der Waals surface area contributed by atoms with Crippen molar-refractivity contribution in [3.63, 3.8) is 0 Å². The van der Waals surface area contributed by atoms with Crippen LogP contribution in [0.2, 0.25) is 0 Å². The summed E-state index contributed by atoms with van der Waals surface area (Å²) in [7, 11) is 0. The van der Waals surface area contributed by atoms with Gasteiger partial charge in [0.05, 0.1) is 19.8 Å². The van der Waals surface area contributed by atoms with Gasteiger partial charge in [0.2, 0.25) is 5.91 Å². The molecule has 0 radical (unpaired) electrons. The summed E-state index contributed by atoms with van der Waals surface area (Å²) in [6.07, 6.45) is 0. The summed E-state index contributed by atoms with van der Waals surface area (Å²) in [5, 5.41) is 5.66. The number of nitrogens with one attached hydrogen (secondary N) is 2. The molecule has 2 N–H and O–H groups in total. The predicted octanol–water partition coefficient (Wildman–Crippen LogP) is 1.51. The molecule has 26 heavy (non-hydrogen) atoms. The molecule has 0 bridgehead atoms. The molecule has 1 aromatic carbocycles. The van der Waals surface area contributed by atoms with E-state index in [-0.39, 0.29) is 24.4 Å². The fourth-order valence-electron chi connectivity index (χ4n) is 3.34. The number of hydrogen-bond donors (Lipinski definition) is 2. The zero-order chi connectivity index (χ0) is 19.1. The Morgan fingerprint density at radius 3 is 2.27 bits per heavy atom. The van der Waals surface area contributed by atoms with E-state index in [0.717, 1.165) is 37.4 Å². The lowest BCUT2D eigenvalue weighted by molar-refractivity contribution is -0.120. The Hall–Kier alpha value is -1.92. The van der Waals surface area contributed by atoms with Crippen LogP contribution in [0.25, 0.3) is 0 Å². The summed E-state index contributed by atoms with van der Waals surface area (Å²) in [5.74, 6) is 0.0421. The quantitative estimate of drug-likeness (QED) is 0.772. The smallest absolute Gasteiger partial charge is 0.251 e. The van der Waals surface area contributed by atoms with Gasteiger partial charge in [0.15, 0.2) is 0 Å². The van der Waals surface area contributed by atoms with E-state index in [1.54, 1.807) is 0 Å². The van der Waals surface area contributed by atoms with Crippen LogP contribution in [-0.2, 0) is 9.53 Å². The van der Waals surface area contributed by atoms with Crippen molar-refractivity contribution in [1.29, 1.82) is 0 Å². The zero-order valence-corrected chi connectivity index (χ0v) is 16.3. The van der Waals surface area contributed by atoms with Crippen molar-refractivity contribution >= 4 is 11.8 Å². The van der Waals surface area contributed by atoms with Crippen molar-refractivity contribution in [2.24, 2.45) is 5.92 Å². The van der Waals surface area contributed by atoms with E-state index >= 15 is 0 Å². The van der Waals surface area contributed by atoms with Crippen molar-refractivity contribution in [3.8, 4) is 0 Å². The standard InChI is InChI=1S/C20H31N3O3/c1-14(2)18(23-5-7-26-8-6-23)12-21-19(24)13-22-20(25)17-10-15(3)9-16(4)11-17/h9-11,14,18H,5-8,12-13H2,1-4H3,(H,21,24)(H,22,25). The molecule has 1 aliphatic rings. The van der Waals surface area contributed by atoms with E-state index in [1.165, 1.54) is 0 Å². The lowest BCUT2D eigenvalue weighted by Gasteiger charge is -2.36. The van der Waals surface area contributed by atoms with Crippen LogP contribution in [0, 0.1) is 19.8 Å². The highest BCUT2D eigenvalue weighted by Gasteiger charge is 2.24. The first-order valence-electron chi connectivity index (χ1n) is 9.32. The van der Waals surface area contributed by atoms with Gasteiger partial charge < -0.3 is 15.4 Å². The van der Waals surface area contributed by atoms with E-state index in [4.69, 9.17) is 4.74 Å². The highest BCUT2D eigenvalue weighted by Crippen LogP contribution is 2.12. The third kappa shape index (κ3) is 6.11. The molecule has 1 heterocycles. The summed E-state index contributed by atoms with van der Waals surface area (Å²) in [6, 6.07) is 5.94. The minimum absolute atomic E-state index is 0.0141. The zero-order valence-electron chi connectivity index (χ0n) is 16.3. The molecule has 0 aromatic heterocycles. The normalized spacial score (nSPS) is 16.3. The molecule has 2 amide bonds. The summed E-state index contributed by atoms with van der Waals surface area (Å²) in [4.78, 5) is 26.8. The van der Waals surface area contributed by atoms with Crippen molar-refractivity contribution in [2.45, 2.75) is 33.7 Å². The lowest BCUT2D eigenvalue weighted by Crippen LogP contribution is -2.52. The molecule has 0 saturated carbocycles. The van der Waals surface area contributed by atoms with Gasteiger partial charge >= 0.3 is 0 Å². The van der Waals surface area contributed by atoms with Gasteiger partial charge in [-0.05, 0) is 31.9 Å². The number of carbonyl (C=O) groups is 2. The molecule has 1 atom stereocenters. The van der Waals surface area contributed by atoms with Gasteiger partial charge in [-0.3, -0.25) is 14.5 Å². The van der Waals surface area contributed by atoms with Crippen LogP contribution in [0.4, 0.5) is 0 Å². The number of aryl methyl sites for hydroxylation is 2. The number of nitrogens with zero attached hydrogens (tertiary/aromatic N) is 1. The Bertz CT molecular complexity index is 604. The average molecular weight is 361 g/mol. The number of carbonyl (C=O) groups excluding carboxylic acids is 2. The minimum atomic E-state index is -0.222. The molecule has 1 saturated heterocycles. The monoisotopic (exact) mass is 361 g/mol. The van der Waals surface area contributed by atoms with Crippen LogP contribution in [0.1, 0.15) is 35.3 Å². The highest BCUT2D eigenvalue weighted by atomic mass is 16.5. The van der Waals surface area contributed by atoms with Crippen LogP contribution in [0.15, 0.2) is 18.2 Å². The molecular weight excluding hydrogens is 330 g/mol. The summed E-state index contributed by atoms with van der Waals surface area (Å²) in [6.45, 7) is 12.1. The molecule has 1 aromatic rings. The number of rotatable bonds is 7. The fraction of sp³-hybridized carbons (Fsp3) is 0.600. The van der Waals surface area contributed by atoms with E-state index in [0.29, 0.717) is 18.0 Å². The van der Waals surface area contributed by atoms with Gasteiger partial charge in [0.25, 0.3) is 5.91 Å². The molecule has 6 heteroatoms. The Labute approximate surface area is 156 Å². The second kappa shape index (κ2) is 9.69. The number of ether oxygens (including phenoxy) is 1. The van der Waals surface area contributed by atoms with Gasteiger partial charge in [-0.1, -0.05) is 31.0 Å². The Morgan fingerprint density at radius 1 is 1.08 bits per heavy atom. The molecular formula is C20H31N3O3. The van der Waals surface area contributed by atoms with Gasteiger partial charge in [0, 0.05) is 31.2 Å². The van der Waals surface area contributed by atoms with E-state index in [2.05, 4.69) is 29.4 Å². The number of amides is 2. The number of morpholine rings is 1. The van der Waals surface area contributed by atoms with Crippen LogP contribution in [0.3, 0.4) is 0 Å². The largest absolute Gasteiger partial charge is 0.379 e. The molecule has 1 fully saturated rings. The van der Waals surface area contributed by atoms with Crippen molar-refractivity contribution < 1.29 is 14.3 Å². The SMILES string of the molecule is Cc1cc(C)cc(C(=O)NCC(=O)NCC(C(C)C)N2CCOCC2)c1. The summed E-state index contributed by atoms with van der Waals surface area (Å²) < 4.78 is 5.40. The summed E-state index contributed by atoms with van der Waals surface area (Å²) in [5.41, 5.74) is 2.65. The third-order valence-electron chi connectivity index (χ3n) is 4.69. The van der Waals surface area contributed by atoms with Crippen molar-refractivity contribution in [2.75, 3.05) is 39.4 Å².